The number of benzene rings is 3. The molecule has 0 bridgehead atoms. The number of nitrogens with one attached hydrogen (secondary N) is 3. The van der Waals surface area contributed by atoms with Gasteiger partial charge in [0.2, 0.25) is 0 Å². The molecule has 0 aromatic heterocycles. The van der Waals surface area contributed by atoms with Crippen LogP contribution in [0, 0.1) is 0 Å². The number of hydrazine groups is 1. The van der Waals surface area contributed by atoms with Crippen molar-refractivity contribution in [3.63, 3.8) is 0 Å². The smallest absolute Gasteiger partial charge is 0.279 e. The largest absolute Gasteiger partial charge is 0.497 e. The van der Waals surface area contributed by atoms with E-state index in [0.717, 1.165) is 0 Å². The highest BCUT2D eigenvalue weighted by atomic mass is 16.5. The number of rotatable bonds is 7. The van der Waals surface area contributed by atoms with Crippen molar-refractivity contribution < 1.29 is 23.9 Å². The Morgan fingerprint density at radius 2 is 1.31 bits per heavy atom. The van der Waals surface area contributed by atoms with E-state index in [-0.39, 0.29) is 5.91 Å². The van der Waals surface area contributed by atoms with Gasteiger partial charge in [0.05, 0.1) is 7.11 Å². The maximum atomic E-state index is 12.3. The second-order valence-corrected chi connectivity index (χ2v) is 6.78. The molecule has 32 heavy (non-hydrogen) atoms. The molecule has 0 aliphatic rings. The third-order valence-corrected chi connectivity index (χ3v) is 4.48. The van der Waals surface area contributed by atoms with Gasteiger partial charge in [0.1, 0.15) is 11.5 Å². The molecule has 0 saturated heterocycles. The predicted molar refractivity (Wildman–Crippen MR) is 120 cm³/mol. The van der Waals surface area contributed by atoms with Crippen LogP contribution in [0.1, 0.15) is 27.6 Å². The topological polar surface area (TPSA) is 106 Å². The second-order valence-electron chi connectivity index (χ2n) is 6.78. The van der Waals surface area contributed by atoms with Gasteiger partial charge in [0.25, 0.3) is 17.7 Å². The SMILES string of the molecule is COc1ccc(OC(C)C(=O)NNC(=O)c2ccc(NC(=O)c3ccccc3)cc2)cc1. The van der Waals surface area contributed by atoms with E-state index in [4.69, 9.17) is 9.47 Å². The highest BCUT2D eigenvalue weighted by Gasteiger charge is 2.16. The molecule has 164 valence electrons. The molecule has 0 saturated carbocycles. The van der Waals surface area contributed by atoms with E-state index in [1.807, 2.05) is 6.07 Å². The third kappa shape index (κ3) is 6.09. The Kier molecular flexibility index (Phi) is 7.42. The van der Waals surface area contributed by atoms with Gasteiger partial charge < -0.3 is 14.8 Å². The number of methoxy groups -OCH3 is 1. The summed E-state index contributed by atoms with van der Waals surface area (Å²) in [6.45, 7) is 1.57. The molecule has 8 heteroatoms. The molecule has 0 fully saturated rings. The standard InChI is InChI=1S/C24H23N3O5/c1-16(32-21-14-12-20(31-2)13-15-21)22(28)26-27-24(30)18-8-10-19(11-9-18)25-23(29)17-6-4-3-5-7-17/h3-16H,1-2H3,(H,25,29)(H,26,28)(H,27,30). The van der Waals surface area contributed by atoms with Crippen LogP contribution in [-0.2, 0) is 4.79 Å². The van der Waals surface area contributed by atoms with Crippen molar-refractivity contribution in [2.45, 2.75) is 13.0 Å². The summed E-state index contributed by atoms with van der Waals surface area (Å²) in [5.41, 5.74) is 6.06. The summed E-state index contributed by atoms with van der Waals surface area (Å²) >= 11 is 0. The van der Waals surface area contributed by atoms with Crippen LogP contribution >= 0.6 is 0 Å². The van der Waals surface area contributed by atoms with Crippen LogP contribution in [0.5, 0.6) is 11.5 Å². The lowest BCUT2D eigenvalue weighted by molar-refractivity contribution is -0.128. The Bertz CT molecular complexity index is 1070. The van der Waals surface area contributed by atoms with Gasteiger partial charge in [-0.05, 0) is 67.6 Å². The summed E-state index contributed by atoms with van der Waals surface area (Å²) in [7, 11) is 1.56. The Hall–Kier alpha value is -4.33. The van der Waals surface area contributed by atoms with Crippen molar-refractivity contribution in [1.29, 1.82) is 0 Å². The molecule has 3 N–H and O–H groups in total. The number of carbonyl (C=O) groups is 3. The minimum absolute atomic E-state index is 0.249. The maximum absolute atomic E-state index is 12.3. The first kappa shape index (κ1) is 22.4. The molecule has 0 radical (unpaired) electrons. The number of amides is 3. The Labute approximate surface area is 185 Å². The first-order chi connectivity index (χ1) is 15.5. The minimum Gasteiger partial charge on any atom is -0.497 e. The summed E-state index contributed by atoms with van der Waals surface area (Å²) in [4.78, 5) is 36.7. The second kappa shape index (κ2) is 10.6. The number of carbonyl (C=O) groups excluding carboxylic acids is 3. The van der Waals surface area contributed by atoms with E-state index in [9.17, 15) is 14.4 Å². The molecule has 8 nitrogen and oxygen atoms in total. The van der Waals surface area contributed by atoms with Crippen LogP contribution in [-0.4, -0.2) is 30.9 Å². The highest BCUT2D eigenvalue weighted by Crippen LogP contribution is 2.18. The lowest BCUT2D eigenvalue weighted by Gasteiger charge is -2.15. The lowest BCUT2D eigenvalue weighted by Crippen LogP contribution is -2.47. The fourth-order valence-electron chi connectivity index (χ4n) is 2.70. The monoisotopic (exact) mass is 433 g/mol. The fraction of sp³-hybridized carbons (Fsp3) is 0.125. The molecular weight excluding hydrogens is 410 g/mol. The fourth-order valence-corrected chi connectivity index (χ4v) is 2.70. The van der Waals surface area contributed by atoms with Gasteiger partial charge in [0, 0.05) is 16.8 Å². The normalized spacial score (nSPS) is 11.1. The lowest BCUT2D eigenvalue weighted by atomic mass is 10.1. The molecule has 0 spiro atoms. The molecule has 1 unspecified atom stereocenters. The Balaban J connectivity index is 1.48. The van der Waals surface area contributed by atoms with Crippen molar-refractivity contribution in [2.24, 2.45) is 0 Å². The van der Waals surface area contributed by atoms with Crippen LogP contribution in [0.3, 0.4) is 0 Å². The van der Waals surface area contributed by atoms with E-state index in [2.05, 4.69) is 16.2 Å². The maximum Gasteiger partial charge on any atom is 0.279 e. The summed E-state index contributed by atoms with van der Waals surface area (Å²) in [5, 5.41) is 2.76. The number of hydrogen-bond acceptors (Lipinski definition) is 5. The molecule has 3 amide bonds. The van der Waals surface area contributed by atoms with Gasteiger partial charge in [-0.1, -0.05) is 18.2 Å². The molecular formula is C24H23N3O5. The molecule has 3 rings (SSSR count). The predicted octanol–water partition coefficient (Wildman–Crippen LogP) is 3.18. The zero-order chi connectivity index (χ0) is 22.9. The highest BCUT2D eigenvalue weighted by molar-refractivity contribution is 6.04. The molecule has 3 aromatic carbocycles. The molecule has 1 atom stereocenters. The third-order valence-electron chi connectivity index (χ3n) is 4.48. The first-order valence-corrected chi connectivity index (χ1v) is 9.83. The van der Waals surface area contributed by atoms with E-state index in [0.29, 0.717) is 28.3 Å². The van der Waals surface area contributed by atoms with Crippen LogP contribution < -0.4 is 25.6 Å². The van der Waals surface area contributed by atoms with Crippen molar-refractivity contribution in [1.82, 2.24) is 10.9 Å². The molecule has 0 aliphatic carbocycles. The van der Waals surface area contributed by atoms with Crippen LogP contribution in [0.15, 0.2) is 78.9 Å². The van der Waals surface area contributed by atoms with Gasteiger partial charge >= 0.3 is 0 Å². The summed E-state index contributed by atoms with van der Waals surface area (Å²) in [5.74, 6) is -0.0990. The Morgan fingerprint density at radius 3 is 1.94 bits per heavy atom. The quantitative estimate of drug-likeness (QED) is 0.497. The number of ether oxygens (including phenoxy) is 2. The average molecular weight is 433 g/mol. The minimum atomic E-state index is -0.834. The van der Waals surface area contributed by atoms with Gasteiger partial charge in [0.15, 0.2) is 6.10 Å². The van der Waals surface area contributed by atoms with E-state index in [1.165, 1.54) is 0 Å². The van der Waals surface area contributed by atoms with Gasteiger partial charge in [-0.3, -0.25) is 25.2 Å². The number of anilines is 1. The van der Waals surface area contributed by atoms with Gasteiger partial charge in [-0.2, -0.15) is 0 Å². The zero-order valence-corrected chi connectivity index (χ0v) is 17.6. The Morgan fingerprint density at radius 1 is 0.719 bits per heavy atom. The van der Waals surface area contributed by atoms with Crippen LogP contribution in [0.4, 0.5) is 5.69 Å². The van der Waals surface area contributed by atoms with Crippen LogP contribution in [0.2, 0.25) is 0 Å². The van der Waals surface area contributed by atoms with Crippen molar-refractivity contribution in [3.05, 3.63) is 90.0 Å². The molecule has 0 heterocycles. The summed E-state index contributed by atoms with van der Waals surface area (Å²) in [6.07, 6.45) is -0.834. The van der Waals surface area contributed by atoms with E-state index < -0.39 is 17.9 Å². The molecule has 3 aromatic rings. The van der Waals surface area contributed by atoms with Crippen molar-refractivity contribution >= 4 is 23.4 Å². The van der Waals surface area contributed by atoms with Crippen molar-refractivity contribution in [3.8, 4) is 11.5 Å². The van der Waals surface area contributed by atoms with Crippen LogP contribution in [0.25, 0.3) is 0 Å². The van der Waals surface area contributed by atoms with Gasteiger partial charge in [-0.15, -0.1) is 0 Å². The number of hydrogen-bond donors (Lipinski definition) is 3. The molecule has 0 aliphatic heterocycles. The van der Waals surface area contributed by atoms with Crippen molar-refractivity contribution in [2.75, 3.05) is 12.4 Å². The van der Waals surface area contributed by atoms with Gasteiger partial charge in [-0.25, -0.2) is 0 Å². The van der Waals surface area contributed by atoms with E-state index >= 15 is 0 Å². The first-order valence-electron chi connectivity index (χ1n) is 9.83. The van der Waals surface area contributed by atoms with E-state index in [1.54, 1.807) is 86.8 Å². The average Bonchev–Trinajstić information content (AvgIpc) is 2.83. The summed E-state index contributed by atoms with van der Waals surface area (Å²) in [6, 6.07) is 21.9. The summed E-state index contributed by atoms with van der Waals surface area (Å²) < 4.78 is 10.6. The zero-order valence-electron chi connectivity index (χ0n) is 17.6.